The number of carbonyl (C=O) groups excluding carboxylic acids is 2. The van der Waals surface area contributed by atoms with Crippen LogP contribution in [-0.2, 0) is 11.2 Å². The van der Waals surface area contributed by atoms with Gasteiger partial charge in [-0.2, -0.15) is 0 Å². The maximum atomic E-state index is 11.5. The van der Waals surface area contributed by atoms with Crippen LogP contribution in [0.3, 0.4) is 0 Å². The zero-order valence-electron chi connectivity index (χ0n) is 11.0. The zero-order valence-corrected chi connectivity index (χ0v) is 11.8. The van der Waals surface area contributed by atoms with Crippen LogP contribution in [0.4, 0.5) is 4.79 Å². The van der Waals surface area contributed by atoms with Crippen LogP contribution in [-0.4, -0.2) is 29.9 Å². The van der Waals surface area contributed by atoms with Crippen LogP contribution >= 0.6 is 11.3 Å². The van der Waals surface area contributed by atoms with Gasteiger partial charge in [-0.1, -0.05) is 6.92 Å². The molecule has 3 amide bonds. The molecule has 1 aliphatic heterocycles. The first-order chi connectivity index (χ1) is 9.11. The number of nitrogens with two attached hydrogens (primary N) is 1. The fraction of sp³-hybridized carbons (Fsp3) is 0.538. The van der Waals surface area contributed by atoms with E-state index in [1.54, 1.807) is 0 Å². The molecular weight excluding hydrogens is 262 g/mol. The van der Waals surface area contributed by atoms with E-state index in [-0.39, 0.29) is 5.91 Å². The Morgan fingerprint density at radius 1 is 1.58 bits per heavy atom. The number of urea groups is 1. The van der Waals surface area contributed by atoms with E-state index >= 15 is 0 Å². The Bertz CT molecular complexity index is 472. The summed E-state index contributed by atoms with van der Waals surface area (Å²) >= 11 is 1.81. The Morgan fingerprint density at radius 2 is 2.37 bits per heavy atom. The molecule has 2 rings (SSSR count). The van der Waals surface area contributed by atoms with Gasteiger partial charge in [0.25, 0.3) is 0 Å². The summed E-state index contributed by atoms with van der Waals surface area (Å²) in [6.45, 7) is 3.79. The van der Waals surface area contributed by atoms with E-state index in [2.05, 4.69) is 28.6 Å². The number of amides is 3. The number of rotatable bonds is 4. The number of carbonyl (C=O) groups is 2. The number of primary amides is 1. The molecule has 0 aliphatic carbocycles. The highest BCUT2D eigenvalue weighted by Crippen LogP contribution is 2.34. The van der Waals surface area contributed by atoms with E-state index < -0.39 is 6.03 Å². The van der Waals surface area contributed by atoms with E-state index in [1.807, 2.05) is 11.3 Å². The molecular formula is C13H19N3O2S. The van der Waals surface area contributed by atoms with Gasteiger partial charge in [0, 0.05) is 30.4 Å². The second-order valence-corrected chi connectivity index (χ2v) is 5.67. The van der Waals surface area contributed by atoms with Crippen molar-refractivity contribution >= 4 is 23.3 Å². The van der Waals surface area contributed by atoms with Crippen molar-refractivity contribution in [3.05, 3.63) is 21.9 Å². The quantitative estimate of drug-likeness (QED) is 0.881. The molecule has 0 radical (unpaired) electrons. The van der Waals surface area contributed by atoms with Gasteiger partial charge in [0.1, 0.15) is 0 Å². The van der Waals surface area contributed by atoms with Crippen LogP contribution in [0.15, 0.2) is 11.4 Å². The number of hydrogen-bond donors (Lipinski definition) is 2. The molecule has 1 aromatic rings. The minimum Gasteiger partial charge on any atom is -0.351 e. The molecule has 0 bridgehead atoms. The molecule has 1 unspecified atom stereocenters. The largest absolute Gasteiger partial charge is 0.351 e. The summed E-state index contributed by atoms with van der Waals surface area (Å²) in [5.41, 5.74) is 6.32. The average Bonchev–Trinajstić information content (AvgIpc) is 2.82. The van der Waals surface area contributed by atoms with Gasteiger partial charge in [0.2, 0.25) is 5.91 Å². The summed E-state index contributed by atoms with van der Waals surface area (Å²) in [4.78, 5) is 25.8. The number of imide groups is 1. The number of hydrogen-bond acceptors (Lipinski definition) is 4. The molecule has 0 aromatic carbocycles. The van der Waals surface area contributed by atoms with Gasteiger partial charge in [-0.05, 0) is 29.9 Å². The summed E-state index contributed by atoms with van der Waals surface area (Å²) in [6, 6.07) is 1.79. The molecule has 0 spiro atoms. The molecule has 0 saturated carbocycles. The maximum absolute atomic E-state index is 11.5. The Morgan fingerprint density at radius 3 is 3.05 bits per heavy atom. The van der Waals surface area contributed by atoms with Gasteiger partial charge in [0.05, 0.1) is 0 Å². The van der Waals surface area contributed by atoms with Crippen molar-refractivity contribution in [1.29, 1.82) is 0 Å². The normalized spacial score (nSPS) is 18.9. The first kappa shape index (κ1) is 14.0. The first-order valence-electron chi connectivity index (χ1n) is 6.51. The highest BCUT2D eigenvalue weighted by atomic mass is 32.1. The lowest BCUT2D eigenvalue weighted by Gasteiger charge is -2.35. The minimum absolute atomic E-state index is 0.304. The highest BCUT2D eigenvalue weighted by molar-refractivity contribution is 7.10. The summed E-state index contributed by atoms with van der Waals surface area (Å²) in [6.07, 6.45) is 2.38. The number of thiophene rings is 1. The average molecular weight is 281 g/mol. The molecule has 5 nitrogen and oxygen atoms in total. The van der Waals surface area contributed by atoms with E-state index in [4.69, 9.17) is 5.73 Å². The topological polar surface area (TPSA) is 75.4 Å². The molecule has 1 aromatic heterocycles. The van der Waals surface area contributed by atoms with Crippen LogP contribution in [0.2, 0.25) is 0 Å². The van der Waals surface area contributed by atoms with E-state index in [9.17, 15) is 9.59 Å². The molecule has 1 aliphatic rings. The molecule has 6 heteroatoms. The molecule has 104 valence electrons. The van der Waals surface area contributed by atoms with Crippen LogP contribution in [0.25, 0.3) is 0 Å². The number of nitrogens with zero attached hydrogens (tertiary/aromatic N) is 1. The van der Waals surface area contributed by atoms with Crippen molar-refractivity contribution in [3.8, 4) is 0 Å². The van der Waals surface area contributed by atoms with Crippen LogP contribution < -0.4 is 11.1 Å². The lowest BCUT2D eigenvalue weighted by atomic mass is 9.97. The summed E-state index contributed by atoms with van der Waals surface area (Å²) in [5.74, 6) is -0.307. The van der Waals surface area contributed by atoms with Gasteiger partial charge < -0.3 is 5.73 Å². The second-order valence-electron chi connectivity index (χ2n) is 4.67. The second kappa shape index (κ2) is 6.16. The third-order valence-corrected chi connectivity index (χ3v) is 4.48. The van der Waals surface area contributed by atoms with Crippen molar-refractivity contribution < 1.29 is 9.59 Å². The Labute approximate surface area is 116 Å². The van der Waals surface area contributed by atoms with Crippen LogP contribution in [0.1, 0.15) is 36.2 Å². The van der Waals surface area contributed by atoms with Crippen molar-refractivity contribution in [2.24, 2.45) is 5.73 Å². The third-order valence-electron chi connectivity index (χ3n) is 3.48. The van der Waals surface area contributed by atoms with Crippen LogP contribution in [0.5, 0.6) is 0 Å². The Hall–Kier alpha value is -1.40. The van der Waals surface area contributed by atoms with Crippen molar-refractivity contribution in [3.63, 3.8) is 0 Å². The highest BCUT2D eigenvalue weighted by Gasteiger charge is 2.26. The SMILES string of the molecule is CCC1c2ccsc2CCN1CCC(=O)NC(N)=O. The van der Waals surface area contributed by atoms with Crippen molar-refractivity contribution in [2.75, 3.05) is 13.1 Å². The molecule has 0 saturated heterocycles. The van der Waals surface area contributed by atoms with Gasteiger partial charge in [-0.15, -0.1) is 11.3 Å². The van der Waals surface area contributed by atoms with Gasteiger partial charge in [0.15, 0.2) is 0 Å². The zero-order chi connectivity index (χ0) is 13.8. The van der Waals surface area contributed by atoms with Gasteiger partial charge in [-0.25, -0.2) is 4.79 Å². The van der Waals surface area contributed by atoms with Gasteiger partial charge in [-0.3, -0.25) is 15.0 Å². The van der Waals surface area contributed by atoms with E-state index in [0.717, 1.165) is 19.4 Å². The third kappa shape index (κ3) is 3.33. The minimum atomic E-state index is -0.782. The molecule has 0 fully saturated rings. The molecule has 1 atom stereocenters. The van der Waals surface area contributed by atoms with Gasteiger partial charge >= 0.3 is 6.03 Å². The summed E-state index contributed by atoms with van der Waals surface area (Å²) in [7, 11) is 0. The smallest absolute Gasteiger partial charge is 0.318 e. The molecule has 3 N–H and O–H groups in total. The Balaban J connectivity index is 1.94. The van der Waals surface area contributed by atoms with E-state index in [1.165, 1.54) is 10.4 Å². The lowest BCUT2D eigenvalue weighted by molar-refractivity contribution is -0.120. The lowest BCUT2D eigenvalue weighted by Crippen LogP contribution is -2.40. The molecule has 2 heterocycles. The Kier molecular flexibility index (Phi) is 4.55. The maximum Gasteiger partial charge on any atom is 0.318 e. The van der Waals surface area contributed by atoms with Crippen LogP contribution in [0, 0.1) is 0 Å². The fourth-order valence-electron chi connectivity index (χ4n) is 2.64. The predicted octanol–water partition coefficient (Wildman–Crippen LogP) is 1.64. The number of nitrogens with one attached hydrogen (secondary N) is 1. The predicted molar refractivity (Wildman–Crippen MR) is 75.0 cm³/mol. The number of fused-ring (bicyclic) bond motifs is 1. The van der Waals surface area contributed by atoms with Crippen molar-refractivity contribution in [1.82, 2.24) is 10.2 Å². The standard InChI is InChI=1S/C13H19N3O2S/c1-2-10-9-5-8-19-11(9)3-6-16(10)7-4-12(17)15-13(14)18/h5,8,10H,2-4,6-7H2,1H3,(H3,14,15,17,18). The van der Waals surface area contributed by atoms with Crippen molar-refractivity contribution in [2.45, 2.75) is 32.2 Å². The van der Waals surface area contributed by atoms with E-state index in [0.29, 0.717) is 19.0 Å². The monoisotopic (exact) mass is 281 g/mol. The fourth-order valence-corrected chi connectivity index (χ4v) is 3.57. The summed E-state index contributed by atoms with van der Waals surface area (Å²) < 4.78 is 0. The summed E-state index contributed by atoms with van der Waals surface area (Å²) in [5, 5.41) is 4.24. The first-order valence-corrected chi connectivity index (χ1v) is 7.39. The molecule has 19 heavy (non-hydrogen) atoms.